The van der Waals surface area contributed by atoms with Gasteiger partial charge in [-0.1, -0.05) is 115 Å². The minimum atomic E-state index is -0.117. The van der Waals surface area contributed by atoms with Gasteiger partial charge in [0.1, 0.15) is 6.61 Å². The summed E-state index contributed by atoms with van der Waals surface area (Å²) in [6.07, 6.45) is 20.0. The van der Waals surface area contributed by atoms with Gasteiger partial charge in [-0.05, 0) is 37.3 Å². The van der Waals surface area contributed by atoms with Crippen molar-refractivity contribution < 1.29 is 19.1 Å². The van der Waals surface area contributed by atoms with Crippen molar-refractivity contribution in [2.24, 2.45) is 0 Å². The van der Waals surface area contributed by atoms with Crippen molar-refractivity contribution in [3.8, 4) is 0 Å². The largest absolute Gasteiger partial charge is 0.466 e. The first-order chi connectivity index (χ1) is 16.6. The number of ether oxygens (including phenoxy) is 2. The molecule has 0 amide bonds. The van der Waals surface area contributed by atoms with Crippen molar-refractivity contribution in [2.75, 3.05) is 6.61 Å². The van der Waals surface area contributed by atoms with Gasteiger partial charge in [-0.3, -0.25) is 9.59 Å². The maximum Gasteiger partial charge on any atom is 0.306 e. The second-order valence-electron chi connectivity index (χ2n) is 9.61. The van der Waals surface area contributed by atoms with E-state index in [2.05, 4.69) is 6.92 Å². The van der Waals surface area contributed by atoms with Gasteiger partial charge < -0.3 is 9.47 Å². The highest BCUT2D eigenvalue weighted by Crippen LogP contribution is 2.13. The first-order valence-corrected chi connectivity index (χ1v) is 14.0. The molecule has 0 aliphatic heterocycles. The molecule has 34 heavy (non-hydrogen) atoms. The predicted octanol–water partition coefficient (Wildman–Crippen LogP) is 8.62. The number of aryl methyl sites for hydroxylation is 1. The van der Waals surface area contributed by atoms with Crippen LogP contribution < -0.4 is 0 Å². The van der Waals surface area contributed by atoms with Gasteiger partial charge in [0.05, 0.1) is 6.61 Å². The number of unbranched alkanes of at least 4 members (excludes halogenated alkanes) is 14. The molecule has 0 aliphatic rings. The summed E-state index contributed by atoms with van der Waals surface area (Å²) < 4.78 is 10.7. The number of hydrogen-bond donors (Lipinski definition) is 0. The summed E-state index contributed by atoms with van der Waals surface area (Å²) in [5, 5.41) is 0. The molecular formula is C30H50O4. The molecule has 0 radical (unpaired) electrons. The fourth-order valence-electron chi connectivity index (χ4n) is 4.10. The van der Waals surface area contributed by atoms with E-state index in [0.29, 0.717) is 26.1 Å². The lowest BCUT2D eigenvalue weighted by molar-refractivity contribution is -0.145. The van der Waals surface area contributed by atoms with E-state index in [4.69, 9.17) is 9.47 Å². The lowest BCUT2D eigenvalue weighted by atomic mass is 10.1. The van der Waals surface area contributed by atoms with Gasteiger partial charge in [0.2, 0.25) is 0 Å². The lowest BCUT2D eigenvalue weighted by Gasteiger charge is -2.07. The molecule has 0 aromatic heterocycles. The molecule has 0 bridgehead atoms. The molecule has 0 fully saturated rings. The molecular weight excluding hydrogens is 424 g/mol. The average molecular weight is 475 g/mol. The third kappa shape index (κ3) is 17.6. The van der Waals surface area contributed by atoms with E-state index in [1.165, 1.54) is 57.8 Å². The highest BCUT2D eigenvalue weighted by atomic mass is 16.5. The van der Waals surface area contributed by atoms with Crippen molar-refractivity contribution in [2.45, 2.75) is 136 Å². The Balaban J connectivity index is 1.82. The van der Waals surface area contributed by atoms with Gasteiger partial charge >= 0.3 is 11.9 Å². The fraction of sp³-hybridized carbons (Fsp3) is 0.733. The molecule has 0 N–H and O–H groups in total. The van der Waals surface area contributed by atoms with Crippen molar-refractivity contribution in [3.05, 3.63) is 35.4 Å². The molecule has 0 unspecified atom stereocenters. The molecule has 1 aromatic carbocycles. The minimum absolute atomic E-state index is 0.0488. The maximum atomic E-state index is 11.9. The van der Waals surface area contributed by atoms with Crippen LogP contribution in [0.5, 0.6) is 0 Å². The SMILES string of the molecule is CCCCCCCCCCCCOC(=O)CCCCCCCCC(=O)OCc1ccccc1C. The molecule has 4 nitrogen and oxygen atoms in total. The van der Waals surface area contributed by atoms with Crippen molar-refractivity contribution >= 4 is 11.9 Å². The van der Waals surface area contributed by atoms with Gasteiger partial charge in [0.25, 0.3) is 0 Å². The monoisotopic (exact) mass is 474 g/mol. The van der Waals surface area contributed by atoms with Gasteiger partial charge in [0, 0.05) is 12.8 Å². The van der Waals surface area contributed by atoms with Gasteiger partial charge in [-0.2, -0.15) is 0 Å². The predicted molar refractivity (Wildman–Crippen MR) is 141 cm³/mol. The summed E-state index contributed by atoms with van der Waals surface area (Å²) in [7, 11) is 0. The second-order valence-corrected chi connectivity index (χ2v) is 9.61. The average Bonchev–Trinajstić information content (AvgIpc) is 2.83. The van der Waals surface area contributed by atoms with Crippen LogP contribution in [0.4, 0.5) is 0 Å². The number of esters is 2. The number of rotatable bonds is 22. The Hall–Kier alpha value is -1.84. The Morgan fingerprint density at radius 3 is 1.65 bits per heavy atom. The van der Waals surface area contributed by atoms with Crippen LogP contribution in [0.3, 0.4) is 0 Å². The Kier molecular flexibility index (Phi) is 19.2. The van der Waals surface area contributed by atoms with Gasteiger partial charge in [-0.25, -0.2) is 0 Å². The number of carbonyl (C=O) groups is 2. The Labute approximate surface area is 209 Å². The van der Waals surface area contributed by atoms with E-state index >= 15 is 0 Å². The first kappa shape index (κ1) is 30.2. The summed E-state index contributed by atoms with van der Waals surface area (Å²) in [5.41, 5.74) is 2.22. The molecule has 0 saturated carbocycles. The molecule has 0 heterocycles. The first-order valence-electron chi connectivity index (χ1n) is 14.0. The van der Waals surface area contributed by atoms with Crippen molar-refractivity contribution in [1.29, 1.82) is 0 Å². The molecule has 4 heteroatoms. The van der Waals surface area contributed by atoms with Crippen LogP contribution in [-0.4, -0.2) is 18.5 Å². The molecule has 0 spiro atoms. The zero-order valence-electron chi connectivity index (χ0n) is 22.1. The Bertz CT molecular complexity index is 640. The summed E-state index contributed by atoms with van der Waals surface area (Å²) >= 11 is 0. The molecule has 1 aromatic rings. The molecule has 194 valence electrons. The molecule has 0 atom stereocenters. The number of benzene rings is 1. The van der Waals surface area contributed by atoms with E-state index in [-0.39, 0.29) is 11.9 Å². The summed E-state index contributed by atoms with van der Waals surface area (Å²) in [6, 6.07) is 7.98. The van der Waals surface area contributed by atoms with E-state index in [1.807, 2.05) is 31.2 Å². The van der Waals surface area contributed by atoms with E-state index in [0.717, 1.165) is 56.1 Å². The van der Waals surface area contributed by atoms with Crippen molar-refractivity contribution in [1.82, 2.24) is 0 Å². The summed E-state index contributed by atoms with van der Waals surface area (Å²) in [4.78, 5) is 23.7. The quantitative estimate of drug-likeness (QED) is 0.125. The van der Waals surface area contributed by atoms with Crippen LogP contribution in [0.2, 0.25) is 0 Å². The number of carbonyl (C=O) groups excluding carboxylic acids is 2. The summed E-state index contributed by atoms with van der Waals surface area (Å²) in [6.45, 7) is 5.23. The molecule has 1 rings (SSSR count). The van der Waals surface area contributed by atoms with Crippen LogP contribution in [-0.2, 0) is 25.7 Å². The van der Waals surface area contributed by atoms with Gasteiger partial charge in [0.15, 0.2) is 0 Å². The van der Waals surface area contributed by atoms with E-state index in [1.54, 1.807) is 0 Å². The Morgan fingerprint density at radius 2 is 1.09 bits per heavy atom. The molecule has 0 saturated heterocycles. The zero-order valence-corrected chi connectivity index (χ0v) is 22.1. The smallest absolute Gasteiger partial charge is 0.306 e. The third-order valence-corrected chi connectivity index (χ3v) is 6.42. The normalized spacial score (nSPS) is 10.9. The highest BCUT2D eigenvalue weighted by molar-refractivity contribution is 5.69. The second kappa shape index (κ2) is 21.7. The summed E-state index contributed by atoms with van der Waals surface area (Å²) in [5.74, 6) is -0.166. The zero-order chi connectivity index (χ0) is 24.7. The van der Waals surface area contributed by atoms with E-state index in [9.17, 15) is 9.59 Å². The molecule has 0 aliphatic carbocycles. The fourth-order valence-corrected chi connectivity index (χ4v) is 4.10. The van der Waals surface area contributed by atoms with Crippen LogP contribution in [0.25, 0.3) is 0 Å². The lowest BCUT2D eigenvalue weighted by Crippen LogP contribution is -2.05. The standard InChI is InChI=1S/C30H50O4/c1-3-4-5-6-7-8-9-12-15-20-25-33-29(31)23-16-13-10-11-14-17-24-30(32)34-26-28-22-19-18-21-27(28)2/h18-19,21-22H,3-17,20,23-26H2,1-2H3. The van der Waals surface area contributed by atoms with Crippen LogP contribution in [0.15, 0.2) is 24.3 Å². The van der Waals surface area contributed by atoms with Crippen molar-refractivity contribution in [3.63, 3.8) is 0 Å². The van der Waals surface area contributed by atoms with Crippen LogP contribution in [0.1, 0.15) is 134 Å². The van der Waals surface area contributed by atoms with Crippen LogP contribution >= 0.6 is 0 Å². The Morgan fingerprint density at radius 1 is 0.618 bits per heavy atom. The van der Waals surface area contributed by atoms with Gasteiger partial charge in [-0.15, -0.1) is 0 Å². The topological polar surface area (TPSA) is 52.6 Å². The highest BCUT2D eigenvalue weighted by Gasteiger charge is 2.05. The maximum absolute atomic E-state index is 11.9. The van der Waals surface area contributed by atoms with Crippen LogP contribution in [0, 0.1) is 6.92 Å². The van der Waals surface area contributed by atoms with E-state index < -0.39 is 0 Å². The third-order valence-electron chi connectivity index (χ3n) is 6.42. The minimum Gasteiger partial charge on any atom is -0.466 e. The number of hydrogen-bond acceptors (Lipinski definition) is 4.